The number of allylic oxidation sites excluding steroid dienone is 4. The van der Waals surface area contributed by atoms with Gasteiger partial charge in [-0.3, -0.25) is 0 Å². The van der Waals surface area contributed by atoms with Crippen LogP contribution in [0, 0.1) is 5.92 Å². The Morgan fingerprint density at radius 3 is 2.78 bits per heavy atom. The molecule has 0 heterocycles. The average Bonchev–Trinajstić information content (AvgIpc) is 2.48. The van der Waals surface area contributed by atoms with Crippen LogP contribution in [-0.4, -0.2) is 0 Å². The van der Waals surface area contributed by atoms with E-state index in [1.807, 2.05) is 0 Å². The summed E-state index contributed by atoms with van der Waals surface area (Å²) < 4.78 is 0. The Balaban J connectivity index is 2.18. The van der Waals surface area contributed by atoms with Gasteiger partial charge in [0.25, 0.3) is 0 Å². The molecule has 0 heteroatoms. The Bertz CT molecular complexity index is 140. The minimum Gasteiger partial charge on any atom is -0.0914 e. The molecule has 1 saturated carbocycles. The second-order valence-corrected chi connectivity index (χ2v) is 2.69. The largest absolute Gasteiger partial charge is 0.0914 e. The smallest absolute Gasteiger partial charge is 0.0166 e. The Hall–Kier alpha value is -0.520. The van der Waals surface area contributed by atoms with Crippen LogP contribution in [0.2, 0.25) is 0 Å². The molecular formula is C9H14. The maximum Gasteiger partial charge on any atom is -0.0166 e. The lowest BCUT2D eigenvalue weighted by Gasteiger charge is -1.77. The summed E-state index contributed by atoms with van der Waals surface area (Å²) in [7, 11) is 0. The molecule has 0 nitrogen and oxygen atoms in total. The molecule has 0 saturated heterocycles. The van der Waals surface area contributed by atoms with E-state index in [9.17, 15) is 0 Å². The van der Waals surface area contributed by atoms with E-state index in [-0.39, 0.29) is 0 Å². The van der Waals surface area contributed by atoms with Crippen molar-refractivity contribution in [3.63, 3.8) is 0 Å². The van der Waals surface area contributed by atoms with Gasteiger partial charge in [-0.15, -0.1) is 0 Å². The van der Waals surface area contributed by atoms with Crippen LogP contribution < -0.4 is 0 Å². The first-order valence-corrected chi connectivity index (χ1v) is 3.64. The highest BCUT2D eigenvalue weighted by atomic mass is 14.3. The normalized spacial score (nSPS) is 30.0. The minimum absolute atomic E-state index is 0.898. The molecule has 50 valence electrons. The zero-order valence-corrected chi connectivity index (χ0v) is 6.22. The Labute approximate surface area is 57.3 Å². The van der Waals surface area contributed by atoms with Crippen LogP contribution >= 0.6 is 0 Å². The average molecular weight is 122 g/mol. The van der Waals surface area contributed by atoms with Crippen LogP contribution in [0.3, 0.4) is 0 Å². The Morgan fingerprint density at radius 2 is 2.33 bits per heavy atom. The van der Waals surface area contributed by atoms with Gasteiger partial charge in [0.15, 0.2) is 0 Å². The summed E-state index contributed by atoms with van der Waals surface area (Å²) >= 11 is 0. The maximum atomic E-state index is 2.34. The van der Waals surface area contributed by atoms with Crippen molar-refractivity contribution in [2.24, 2.45) is 5.92 Å². The predicted octanol–water partition coefficient (Wildman–Crippen LogP) is 2.92. The molecule has 0 spiro atoms. The van der Waals surface area contributed by atoms with Crippen LogP contribution in [0.4, 0.5) is 0 Å². The molecule has 1 aliphatic rings. The summed E-state index contributed by atoms with van der Waals surface area (Å²) in [6.45, 7) is 4.34. The van der Waals surface area contributed by atoms with Gasteiger partial charge in [-0.2, -0.15) is 0 Å². The van der Waals surface area contributed by atoms with Gasteiger partial charge in [-0.05, 0) is 25.7 Å². The van der Waals surface area contributed by atoms with Gasteiger partial charge in [0.1, 0.15) is 0 Å². The highest BCUT2D eigenvalue weighted by molar-refractivity contribution is 5.22. The van der Waals surface area contributed by atoms with E-state index in [1.54, 1.807) is 5.57 Å². The van der Waals surface area contributed by atoms with Crippen molar-refractivity contribution in [3.05, 3.63) is 23.8 Å². The standard InChI is InChI=1S/C9H14/c1-3-4-5-6-9-7-8(9)2/h3-4,6,8H,5,7H2,1-2H3. The zero-order valence-electron chi connectivity index (χ0n) is 6.22. The first-order chi connectivity index (χ1) is 4.34. The highest BCUT2D eigenvalue weighted by Gasteiger charge is 2.22. The first-order valence-electron chi connectivity index (χ1n) is 3.64. The van der Waals surface area contributed by atoms with E-state index in [0.29, 0.717) is 0 Å². The summed E-state index contributed by atoms with van der Waals surface area (Å²) in [4.78, 5) is 0. The van der Waals surface area contributed by atoms with Crippen molar-refractivity contribution in [2.45, 2.75) is 26.7 Å². The molecule has 0 aliphatic heterocycles. The van der Waals surface area contributed by atoms with Gasteiger partial charge in [-0.25, -0.2) is 0 Å². The second-order valence-electron chi connectivity index (χ2n) is 2.69. The van der Waals surface area contributed by atoms with Gasteiger partial charge in [-0.1, -0.05) is 30.7 Å². The number of hydrogen-bond donors (Lipinski definition) is 0. The van der Waals surface area contributed by atoms with E-state index in [1.165, 1.54) is 6.42 Å². The van der Waals surface area contributed by atoms with Crippen molar-refractivity contribution < 1.29 is 0 Å². The van der Waals surface area contributed by atoms with Crippen molar-refractivity contribution in [3.8, 4) is 0 Å². The molecular weight excluding hydrogens is 108 g/mol. The lowest BCUT2D eigenvalue weighted by Crippen LogP contribution is -1.58. The minimum atomic E-state index is 0.898. The van der Waals surface area contributed by atoms with Gasteiger partial charge in [0, 0.05) is 0 Å². The van der Waals surface area contributed by atoms with Gasteiger partial charge in [0.2, 0.25) is 0 Å². The summed E-state index contributed by atoms with van der Waals surface area (Å²) in [6.07, 6.45) is 9.11. The monoisotopic (exact) mass is 122 g/mol. The lowest BCUT2D eigenvalue weighted by atomic mass is 10.3. The zero-order chi connectivity index (χ0) is 6.69. The molecule has 1 unspecified atom stereocenters. The number of hydrogen-bond acceptors (Lipinski definition) is 0. The number of rotatable bonds is 2. The Kier molecular flexibility index (Phi) is 2.10. The van der Waals surface area contributed by atoms with Crippen LogP contribution in [0.25, 0.3) is 0 Å². The topological polar surface area (TPSA) is 0 Å². The summed E-state index contributed by atoms with van der Waals surface area (Å²) in [5, 5.41) is 0. The maximum absolute atomic E-state index is 2.34. The fourth-order valence-corrected chi connectivity index (χ4v) is 0.935. The molecule has 0 aromatic heterocycles. The molecule has 9 heavy (non-hydrogen) atoms. The molecule has 0 aromatic carbocycles. The summed E-state index contributed by atoms with van der Waals surface area (Å²) in [5.41, 5.74) is 1.65. The molecule has 0 aromatic rings. The van der Waals surface area contributed by atoms with E-state index in [2.05, 4.69) is 32.1 Å². The SMILES string of the molecule is CC=CCC=C1CC1C. The molecule has 0 N–H and O–H groups in total. The fraction of sp³-hybridized carbons (Fsp3) is 0.556. The molecule has 0 radical (unpaired) electrons. The van der Waals surface area contributed by atoms with Gasteiger partial charge in [0.05, 0.1) is 0 Å². The lowest BCUT2D eigenvalue weighted by molar-refractivity contribution is 1.02. The molecule has 0 amide bonds. The molecule has 1 atom stereocenters. The summed E-state index contributed by atoms with van der Waals surface area (Å²) in [5.74, 6) is 0.898. The quantitative estimate of drug-likeness (QED) is 0.494. The third-order valence-corrected chi connectivity index (χ3v) is 1.77. The molecule has 1 aliphatic carbocycles. The third kappa shape index (κ3) is 2.05. The Morgan fingerprint density at radius 1 is 1.67 bits per heavy atom. The fourth-order valence-electron chi connectivity index (χ4n) is 0.935. The van der Waals surface area contributed by atoms with Crippen LogP contribution in [-0.2, 0) is 0 Å². The predicted molar refractivity (Wildman–Crippen MR) is 41.3 cm³/mol. The first kappa shape index (κ1) is 6.60. The molecule has 1 fully saturated rings. The van der Waals surface area contributed by atoms with Crippen molar-refractivity contribution in [1.29, 1.82) is 0 Å². The van der Waals surface area contributed by atoms with E-state index >= 15 is 0 Å². The van der Waals surface area contributed by atoms with Gasteiger partial charge < -0.3 is 0 Å². The second kappa shape index (κ2) is 2.86. The van der Waals surface area contributed by atoms with Crippen LogP contribution in [0.1, 0.15) is 26.7 Å². The van der Waals surface area contributed by atoms with Crippen molar-refractivity contribution in [1.82, 2.24) is 0 Å². The molecule has 0 bridgehead atoms. The van der Waals surface area contributed by atoms with Gasteiger partial charge >= 0.3 is 0 Å². The summed E-state index contributed by atoms with van der Waals surface area (Å²) in [6, 6.07) is 0. The van der Waals surface area contributed by atoms with Crippen LogP contribution in [0.15, 0.2) is 23.8 Å². The van der Waals surface area contributed by atoms with E-state index < -0.39 is 0 Å². The molecule has 1 rings (SSSR count). The van der Waals surface area contributed by atoms with Crippen molar-refractivity contribution in [2.75, 3.05) is 0 Å². The van der Waals surface area contributed by atoms with E-state index in [0.717, 1.165) is 12.3 Å². The van der Waals surface area contributed by atoms with E-state index in [4.69, 9.17) is 0 Å². The van der Waals surface area contributed by atoms with Crippen LogP contribution in [0.5, 0.6) is 0 Å². The van der Waals surface area contributed by atoms with Crippen molar-refractivity contribution >= 4 is 0 Å². The highest BCUT2D eigenvalue weighted by Crippen LogP contribution is 2.36. The third-order valence-electron chi connectivity index (χ3n) is 1.77.